The second-order valence-corrected chi connectivity index (χ2v) is 7.02. The molecular weight excluding hydrogens is 332 g/mol. The van der Waals surface area contributed by atoms with Crippen molar-refractivity contribution in [2.75, 3.05) is 19.7 Å². The molecule has 6 heteroatoms. The predicted molar refractivity (Wildman–Crippen MR) is 99.5 cm³/mol. The SMILES string of the molecule is CCCC(=O)N(CC(=O)N(Cc1ccco1)CC1CCCO1)C(C)CC. The number of carbonyl (C=O) groups excluding carboxylic acids is 2. The van der Waals surface area contributed by atoms with Crippen LogP contribution in [-0.2, 0) is 20.9 Å². The molecule has 0 bridgehead atoms. The van der Waals surface area contributed by atoms with E-state index >= 15 is 0 Å². The normalized spacial score (nSPS) is 17.9. The van der Waals surface area contributed by atoms with Gasteiger partial charge in [-0.1, -0.05) is 13.8 Å². The second kappa shape index (κ2) is 10.4. The van der Waals surface area contributed by atoms with Gasteiger partial charge < -0.3 is 19.0 Å². The van der Waals surface area contributed by atoms with Crippen molar-refractivity contribution in [2.24, 2.45) is 0 Å². The maximum absolute atomic E-state index is 13.0. The number of carbonyl (C=O) groups is 2. The Morgan fingerprint density at radius 2 is 2.12 bits per heavy atom. The Kier molecular flexibility index (Phi) is 8.16. The Morgan fingerprint density at radius 1 is 1.31 bits per heavy atom. The largest absolute Gasteiger partial charge is 0.467 e. The Balaban J connectivity index is 2.07. The molecule has 146 valence electrons. The van der Waals surface area contributed by atoms with Gasteiger partial charge in [0.25, 0.3) is 0 Å². The first kappa shape index (κ1) is 20.5. The van der Waals surface area contributed by atoms with Crippen molar-refractivity contribution in [1.82, 2.24) is 9.80 Å². The van der Waals surface area contributed by atoms with Gasteiger partial charge >= 0.3 is 0 Å². The van der Waals surface area contributed by atoms with Gasteiger partial charge in [0.05, 0.1) is 18.9 Å². The van der Waals surface area contributed by atoms with Gasteiger partial charge in [-0.3, -0.25) is 9.59 Å². The van der Waals surface area contributed by atoms with Gasteiger partial charge in [-0.15, -0.1) is 0 Å². The summed E-state index contributed by atoms with van der Waals surface area (Å²) in [5, 5.41) is 0. The van der Waals surface area contributed by atoms with E-state index in [0.29, 0.717) is 19.5 Å². The van der Waals surface area contributed by atoms with Crippen molar-refractivity contribution >= 4 is 11.8 Å². The third-order valence-corrected chi connectivity index (χ3v) is 4.94. The molecule has 2 rings (SSSR count). The maximum Gasteiger partial charge on any atom is 0.242 e. The van der Waals surface area contributed by atoms with Crippen molar-refractivity contribution < 1.29 is 18.7 Å². The lowest BCUT2D eigenvalue weighted by molar-refractivity contribution is -0.143. The molecule has 1 aliphatic heterocycles. The third-order valence-electron chi connectivity index (χ3n) is 4.94. The number of ether oxygens (including phenoxy) is 1. The molecule has 1 aliphatic rings. The van der Waals surface area contributed by atoms with Crippen LogP contribution in [0.3, 0.4) is 0 Å². The molecule has 0 aliphatic carbocycles. The molecule has 0 aromatic carbocycles. The van der Waals surface area contributed by atoms with Crippen molar-refractivity contribution in [3.05, 3.63) is 24.2 Å². The summed E-state index contributed by atoms with van der Waals surface area (Å²) in [5.74, 6) is 0.734. The lowest BCUT2D eigenvalue weighted by Gasteiger charge is -2.32. The van der Waals surface area contributed by atoms with Crippen LogP contribution in [0.1, 0.15) is 58.6 Å². The van der Waals surface area contributed by atoms with Crippen LogP contribution >= 0.6 is 0 Å². The lowest BCUT2D eigenvalue weighted by atomic mass is 10.1. The van der Waals surface area contributed by atoms with Gasteiger partial charge in [0.1, 0.15) is 12.3 Å². The minimum atomic E-state index is -0.0540. The summed E-state index contributed by atoms with van der Waals surface area (Å²) in [4.78, 5) is 29.0. The standard InChI is InChI=1S/C20H32N2O4/c1-4-8-19(23)22(16(3)5-2)15-20(24)21(13-17-9-6-11-25-17)14-18-10-7-12-26-18/h6,9,11,16,18H,4-5,7-8,10,12-15H2,1-3H3. The minimum Gasteiger partial charge on any atom is -0.467 e. The average Bonchev–Trinajstić information content (AvgIpc) is 3.32. The third kappa shape index (κ3) is 5.87. The number of nitrogens with zero attached hydrogens (tertiary/aromatic N) is 2. The molecular formula is C20H32N2O4. The van der Waals surface area contributed by atoms with E-state index in [1.54, 1.807) is 16.1 Å². The van der Waals surface area contributed by atoms with Gasteiger partial charge in [-0.05, 0) is 44.7 Å². The minimum absolute atomic E-state index is 0.0465. The Morgan fingerprint density at radius 3 is 2.69 bits per heavy atom. The molecule has 0 N–H and O–H groups in total. The quantitative estimate of drug-likeness (QED) is 0.639. The highest BCUT2D eigenvalue weighted by Gasteiger charge is 2.27. The van der Waals surface area contributed by atoms with Gasteiger partial charge in [-0.2, -0.15) is 0 Å². The van der Waals surface area contributed by atoms with E-state index < -0.39 is 0 Å². The van der Waals surface area contributed by atoms with E-state index in [-0.39, 0.29) is 30.5 Å². The highest BCUT2D eigenvalue weighted by atomic mass is 16.5. The van der Waals surface area contributed by atoms with Crippen LogP contribution in [0.4, 0.5) is 0 Å². The lowest BCUT2D eigenvalue weighted by Crippen LogP contribution is -2.47. The zero-order chi connectivity index (χ0) is 18.9. The fourth-order valence-electron chi connectivity index (χ4n) is 3.19. The van der Waals surface area contributed by atoms with Gasteiger partial charge in [-0.25, -0.2) is 0 Å². The van der Waals surface area contributed by atoms with Crippen LogP contribution in [0.5, 0.6) is 0 Å². The summed E-state index contributed by atoms with van der Waals surface area (Å²) in [6.45, 7) is 7.82. The summed E-state index contributed by atoms with van der Waals surface area (Å²) in [5.41, 5.74) is 0. The molecule has 2 atom stereocenters. The van der Waals surface area contributed by atoms with Crippen LogP contribution in [-0.4, -0.2) is 53.5 Å². The van der Waals surface area contributed by atoms with E-state index in [1.807, 2.05) is 32.9 Å². The van der Waals surface area contributed by atoms with Crippen LogP contribution in [0.15, 0.2) is 22.8 Å². The van der Waals surface area contributed by atoms with E-state index in [2.05, 4.69) is 0 Å². The van der Waals surface area contributed by atoms with Crippen LogP contribution < -0.4 is 0 Å². The molecule has 26 heavy (non-hydrogen) atoms. The molecule has 0 spiro atoms. The van der Waals surface area contributed by atoms with Gasteiger partial charge in [0.2, 0.25) is 11.8 Å². The number of amides is 2. The topological polar surface area (TPSA) is 63.0 Å². The van der Waals surface area contributed by atoms with Crippen LogP contribution in [0, 0.1) is 0 Å². The van der Waals surface area contributed by atoms with E-state index in [1.165, 1.54) is 0 Å². The van der Waals surface area contributed by atoms with Gasteiger partial charge in [0, 0.05) is 25.6 Å². The Labute approximate surface area is 156 Å². The summed E-state index contributed by atoms with van der Waals surface area (Å²) < 4.78 is 11.1. The van der Waals surface area contributed by atoms with E-state index in [9.17, 15) is 9.59 Å². The predicted octanol–water partition coefficient (Wildman–Crippen LogP) is 3.21. The molecule has 1 aromatic heterocycles. The summed E-state index contributed by atoms with van der Waals surface area (Å²) >= 11 is 0. The zero-order valence-electron chi connectivity index (χ0n) is 16.3. The molecule has 2 heterocycles. The van der Waals surface area contributed by atoms with Crippen LogP contribution in [0.2, 0.25) is 0 Å². The Hall–Kier alpha value is -1.82. The molecule has 0 saturated carbocycles. The smallest absolute Gasteiger partial charge is 0.242 e. The van der Waals surface area contributed by atoms with Gasteiger partial charge in [0.15, 0.2) is 0 Å². The van der Waals surface area contributed by atoms with Crippen molar-refractivity contribution in [3.63, 3.8) is 0 Å². The fourth-order valence-corrected chi connectivity index (χ4v) is 3.19. The highest BCUT2D eigenvalue weighted by Crippen LogP contribution is 2.17. The molecule has 1 saturated heterocycles. The second-order valence-electron chi connectivity index (χ2n) is 7.02. The first-order valence-corrected chi connectivity index (χ1v) is 9.76. The molecule has 1 fully saturated rings. The fraction of sp³-hybridized carbons (Fsp3) is 0.700. The zero-order valence-corrected chi connectivity index (χ0v) is 16.3. The van der Waals surface area contributed by atoms with E-state index in [4.69, 9.17) is 9.15 Å². The maximum atomic E-state index is 13.0. The molecule has 1 aromatic rings. The van der Waals surface area contributed by atoms with Crippen molar-refractivity contribution in [2.45, 2.75) is 71.6 Å². The molecule has 0 radical (unpaired) electrons. The van der Waals surface area contributed by atoms with Crippen molar-refractivity contribution in [3.8, 4) is 0 Å². The van der Waals surface area contributed by atoms with Crippen LogP contribution in [0.25, 0.3) is 0 Å². The first-order valence-electron chi connectivity index (χ1n) is 9.76. The highest BCUT2D eigenvalue weighted by molar-refractivity contribution is 5.85. The summed E-state index contributed by atoms with van der Waals surface area (Å²) in [6.07, 6.45) is 5.76. The number of hydrogen-bond donors (Lipinski definition) is 0. The number of furan rings is 1. The van der Waals surface area contributed by atoms with E-state index in [0.717, 1.165) is 38.1 Å². The molecule has 2 unspecified atom stereocenters. The summed E-state index contributed by atoms with van der Waals surface area (Å²) in [7, 11) is 0. The molecule has 6 nitrogen and oxygen atoms in total. The Bertz CT molecular complexity index is 552. The number of rotatable bonds is 10. The average molecular weight is 364 g/mol. The number of hydrogen-bond acceptors (Lipinski definition) is 4. The first-order chi connectivity index (χ1) is 12.5. The molecule has 2 amide bonds. The van der Waals surface area contributed by atoms with Crippen molar-refractivity contribution in [1.29, 1.82) is 0 Å². The summed E-state index contributed by atoms with van der Waals surface area (Å²) in [6, 6.07) is 3.73. The monoisotopic (exact) mass is 364 g/mol.